The van der Waals surface area contributed by atoms with Crippen LogP contribution in [0.15, 0.2) is 109 Å². The summed E-state index contributed by atoms with van der Waals surface area (Å²) in [7, 11) is 0. The van der Waals surface area contributed by atoms with Gasteiger partial charge in [0.15, 0.2) is 0 Å². The molecule has 0 fully saturated rings. The Morgan fingerprint density at radius 2 is 1.32 bits per heavy atom. The van der Waals surface area contributed by atoms with Crippen LogP contribution in [0.5, 0.6) is 0 Å². The fraction of sp³-hybridized carbons (Fsp3) is 0.100. The second-order valence-corrected chi connectivity index (χ2v) is 9.07. The minimum atomic E-state index is -0.372. The van der Waals surface area contributed by atoms with Crippen molar-refractivity contribution < 1.29 is 0 Å². The first kappa shape index (κ1) is 20.3. The molecule has 6 aromatic rings. The molecule has 3 aromatic heterocycles. The molecule has 3 aromatic carbocycles. The molecule has 0 aliphatic rings. The Morgan fingerprint density at radius 3 is 2.24 bits per heavy atom. The maximum Gasteiger partial charge on any atom is 0.0894 e. The molecular weight excluding hydrogens is 416 g/mol. The lowest BCUT2D eigenvalue weighted by Gasteiger charge is -2.22. The molecule has 34 heavy (non-hydrogen) atoms. The Morgan fingerprint density at radius 1 is 0.588 bits per heavy atom. The first-order valence-corrected chi connectivity index (χ1v) is 11.5. The second kappa shape index (κ2) is 7.92. The molecule has 6 rings (SSSR count). The smallest absolute Gasteiger partial charge is 0.0894 e. The first-order valence-electron chi connectivity index (χ1n) is 11.5. The van der Waals surface area contributed by atoms with E-state index in [0.29, 0.717) is 0 Å². The molecule has 0 aliphatic heterocycles. The van der Waals surface area contributed by atoms with Crippen LogP contribution in [0.1, 0.15) is 25.2 Å². The largest absolute Gasteiger partial charge is 0.250 e. The summed E-state index contributed by atoms with van der Waals surface area (Å²) >= 11 is 0. The van der Waals surface area contributed by atoms with Crippen LogP contribution in [0.25, 0.3) is 38.8 Å². The van der Waals surface area contributed by atoms with Crippen LogP contribution >= 0.6 is 0 Å². The lowest BCUT2D eigenvalue weighted by molar-refractivity contribution is 0.586. The van der Waals surface area contributed by atoms with Crippen LogP contribution in [-0.2, 0) is 5.41 Å². The van der Waals surface area contributed by atoms with Gasteiger partial charge in [0.25, 0.3) is 0 Å². The van der Waals surface area contributed by atoms with Gasteiger partial charge in [0.2, 0.25) is 0 Å². The molecule has 4 nitrogen and oxygen atoms in total. The van der Waals surface area contributed by atoms with Gasteiger partial charge < -0.3 is 0 Å². The van der Waals surface area contributed by atoms with Gasteiger partial charge in [-0.2, -0.15) is 5.10 Å². The summed E-state index contributed by atoms with van der Waals surface area (Å²) in [4.78, 5) is 9.85. The highest BCUT2D eigenvalue weighted by Crippen LogP contribution is 2.31. The number of benzene rings is 3. The average Bonchev–Trinajstić information content (AvgIpc) is 3.39. The lowest BCUT2D eigenvalue weighted by Crippen LogP contribution is -2.22. The highest BCUT2D eigenvalue weighted by molar-refractivity contribution is 5.90. The molecule has 4 heteroatoms. The Bertz CT molecular complexity index is 1640. The normalized spacial score (nSPS) is 11.8. The molecule has 0 unspecified atom stereocenters. The van der Waals surface area contributed by atoms with Crippen molar-refractivity contribution in [2.24, 2.45) is 0 Å². The van der Waals surface area contributed by atoms with Gasteiger partial charge >= 0.3 is 0 Å². The summed E-state index contributed by atoms with van der Waals surface area (Å²) < 4.78 is 1.97. The number of para-hydroxylation sites is 1. The molecule has 0 saturated heterocycles. The maximum absolute atomic E-state index is 5.02. The van der Waals surface area contributed by atoms with Gasteiger partial charge in [-0.05, 0) is 55.6 Å². The second-order valence-electron chi connectivity index (χ2n) is 9.07. The molecule has 0 atom stereocenters. The van der Waals surface area contributed by atoms with Crippen LogP contribution < -0.4 is 0 Å². The van der Waals surface area contributed by atoms with Gasteiger partial charge in [-0.15, -0.1) is 0 Å². The van der Waals surface area contributed by atoms with Gasteiger partial charge in [-0.1, -0.05) is 66.7 Å². The van der Waals surface area contributed by atoms with Gasteiger partial charge in [0, 0.05) is 17.0 Å². The van der Waals surface area contributed by atoms with Gasteiger partial charge in [-0.3, -0.25) is 4.98 Å². The van der Waals surface area contributed by atoms with Crippen molar-refractivity contribution in [1.29, 1.82) is 0 Å². The molecule has 3 heterocycles. The average molecular weight is 441 g/mol. The summed E-state index contributed by atoms with van der Waals surface area (Å²) in [5, 5.41) is 8.49. The molecule has 164 valence electrons. The minimum absolute atomic E-state index is 0.372. The van der Waals surface area contributed by atoms with Crippen molar-refractivity contribution in [2.45, 2.75) is 19.3 Å². The Hall–Kier alpha value is -4.31. The molecule has 0 bridgehead atoms. The van der Waals surface area contributed by atoms with Gasteiger partial charge in [-0.25, -0.2) is 9.67 Å². The fourth-order valence-corrected chi connectivity index (χ4v) is 4.46. The quantitative estimate of drug-likeness (QED) is 0.297. The summed E-state index contributed by atoms with van der Waals surface area (Å²) in [6.07, 6.45) is 2.04. The van der Waals surface area contributed by atoms with Crippen molar-refractivity contribution in [3.05, 3.63) is 121 Å². The monoisotopic (exact) mass is 440 g/mol. The first-order chi connectivity index (χ1) is 16.6. The molecule has 0 amide bonds. The molecule has 0 radical (unpaired) electrons. The van der Waals surface area contributed by atoms with E-state index in [-0.39, 0.29) is 5.41 Å². The standard InChI is InChI=1S/C30H24N4/c1-30(2,29-19-20-34(33-29)27-15-7-11-21-9-3-5-12-23(21)27)28-16-8-14-25(32-28)26-18-17-22-10-4-6-13-24(22)31-26/h3-20H,1-2H3. The van der Waals surface area contributed by atoms with Crippen LogP contribution in [0, 0.1) is 0 Å². The van der Waals surface area contributed by atoms with E-state index in [2.05, 4.69) is 86.6 Å². The van der Waals surface area contributed by atoms with Crippen LogP contribution in [0.3, 0.4) is 0 Å². The third-order valence-electron chi connectivity index (χ3n) is 6.49. The van der Waals surface area contributed by atoms with E-state index in [1.54, 1.807) is 0 Å². The highest BCUT2D eigenvalue weighted by Gasteiger charge is 2.28. The topological polar surface area (TPSA) is 43.6 Å². The van der Waals surface area contributed by atoms with Gasteiger partial charge in [0.05, 0.1) is 39.4 Å². The van der Waals surface area contributed by atoms with Crippen molar-refractivity contribution in [3.8, 4) is 17.1 Å². The number of pyridine rings is 2. The van der Waals surface area contributed by atoms with Crippen LogP contribution in [0.4, 0.5) is 0 Å². The summed E-state index contributed by atoms with van der Waals surface area (Å²) in [6, 6.07) is 35.2. The zero-order valence-corrected chi connectivity index (χ0v) is 19.2. The van der Waals surface area contributed by atoms with E-state index in [1.165, 1.54) is 10.8 Å². The number of aromatic nitrogens is 4. The van der Waals surface area contributed by atoms with Crippen molar-refractivity contribution in [3.63, 3.8) is 0 Å². The minimum Gasteiger partial charge on any atom is -0.250 e. The Balaban J connectivity index is 1.38. The van der Waals surface area contributed by atoms with E-state index in [0.717, 1.165) is 39.4 Å². The van der Waals surface area contributed by atoms with E-state index in [9.17, 15) is 0 Å². The number of nitrogens with zero attached hydrogens (tertiary/aromatic N) is 4. The Kier molecular flexibility index (Phi) is 4.73. The highest BCUT2D eigenvalue weighted by atomic mass is 15.3. The zero-order chi connectivity index (χ0) is 23.1. The third-order valence-corrected chi connectivity index (χ3v) is 6.49. The van der Waals surface area contributed by atoms with E-state index >= 15 is 0 Å². The van der Waals surface area contributed by atoms with Crippen LogP contribution in [-0.4, -0.2) is 19.7 Å². The third kappa shape index (κ3) is 3.44. The SMILES string of the molecule is CC(C)(c1cccc(-c2ccc3ccccc3n2)n1)c1ccn(-c2cccc3ccccc23)n1. The molecule has 0 saturated carbocycles. The predicted molar refractivity (Wildman–Crippen MR) is 138 cm³/mol. The fourth-order valence-electron chi connectivity index (χ4n) is 4.46. The Labute approximate surface area is 198 Å². The number of rotatable bonds is 4. The van der Waals surface area contributed by atoms with E-state index in [4.69, 9.17) is 15.1 Å². The molecule has 0 aliphatic carbocycles. The summed E-state index contributed by atoms with van der Waals surface area (Å²) in [5.41, 5.74) is 5.34. The van der Waals surface area contributed by atoms with Gasteiger partial charge in [0.1, 0.15) is 0 Å². The number of hydrogen-bond donors (Lipinski definition) is 0. The molecular formula is C30H24N4. The lowest BCUT2D eigenvalue weighted by atomic mass is 9.85. The van der Waals surface area contributed by atoms with Crippen molar-refractivity contribution >= 4 is 21.7 Å². The van der Waals surface area contributed by atoms with Crippen molar-refractivity contribution in [1.82, 2.24) is 19.7 Å². The molecule has 0 spiro atoms. The predicted octanol–water partition coefficient (Wildman–Crippen LogP) is 6.96. The van der Waals surface area contributed by atoms with Crippen molar-refractivity contribution in [2.75, 3.05) is 0 Å². The van der Waals surface area contributed by atoms with E-state index < -0.39 is 0 Å². The molecule has 0 N–H and O–H groups in total. The van der Waals surface area contributed by atoms with E-state index in [1.807, 2.05) is 41.2 Å². The number of hydrogen-bond acceptors (Lipinski definition) is 3. The summed E-state index contributed by atoms with van der Waals surface area (Å²) in [5.74, 6) is 0. The zero-order valence-electron chi connectivity index (χ0n) is 19.2. The maximum atomic E-state index is 5.02. The number of fused-ring (bicyclic) bond motifs is 2. The van der Waals surface area contributed by atoms with Crippen LogP contribution in [0.2, 0.25) is 0 Å². The summed E-state index contributed by atoms with van der Waals surface area (Å²) in [6.45, 7) is 4.34.